The monoisotopic (exact) mass is 677 g/mol. The van der Waals surface area contributed by atoms with Gasteiger partial charge in [-0.25, -0.2) is 0 Å². The molecule has 0 radical (unpaired) electrons. The van der Waals surface area contributed by atoms with Crippen molar-refractivity contribution in [1.29, 1.82) is 0 Å². The Morgan fingerprint density at radius 3 is 1.38 bits per heavy atom. The normalized spacial score (nSPS) is 19.3. The predicted molar refractivity (Wildman–Crippen MR) is 171 cm³/mol. The Hall–Kier alpha value is -2.90. The SMILES string of the molecule is CC[CH]=[Hf]([CH3])([CH3])([CH3])([CH]1C=Cc2c(-c3ccc(C)cc3)cccc21)[CH]1C=Cc2c(-c3ccc(C)cc3)cccc21. The number of hydrogen-bond donors (Lipinski definition) is 0. The molecule has 2 atom stereocenters. The Balaban J connectivity index is 1.53. The van der Waals surface area contributed by atoms with Crippen molar-refractivity contribution in [3.05, 3.63) is 130 Å². The number of hydrogen-bond acceptors (Lipinski definition) is 0. The number of allylic oxidation sites excluding steroid dienone is 2. The summed E-state index contributed by atoms with van der Waals surface area (Å²) in [5.41, 5.74) is 13.8. The van der Waals surface area contributed by atoms with Crippen LogP contribution in [0.15, 0.2) is 97.1 Å². The van der Waals surface area contributed by atoms with Gasteiger partial charge in [-0.3, -0.25) is 0 Å². The molecule has 0 bridgehead atoms. The maximum absolute atomic E-state index is 4.40. The van der Waals surface area contributed by atoms with Gasteiger partial charge < -0.3 is 0 Å². The third-order valence-corrected chi connectivity index (χ3v) is 40.0. The van der Waals surface area contributed by atoms with Gasteiger partial charge in [0.15, 0.2) is 0 Å². The predicted octanol–water partition coefficient (Wildman–Crippen LogP) is 11.1. The van der Waals surface area contributed by atoms with Crippen LogP contribution in [0.5, 0.6) is 0 Å². The summed E-state index contributed by atoms with van der Waals surface area (Å²) < 4.78 is 11.9. The van der Waals surface area contributed by atoms with E-state index in [4.69, 9.17) is 0 Å². The van der Waals surface area contributed by atoms with Gasteiger partial charge in [-0.05, 0) is 0 Å². The van der Waals surface area contributed by atoms with Gasteiger partial charge in [0.25, 0.3) is 0 Å². The molecule has 2 aliphatic carbocycles. The average molecular weight is 676 g/mol. The summed E-state index contributed by atoms with van der Waals surface area (Å²) in [5.74, 6) is 0. The third-order valence-electron chi connectivity index (χ3n) is 10.2. The van der Waals surface area contributed by atoms with E-state index in [2.05, 4.69) is 148 Å². The van der Waals surface area contributed by atoms with E-state index in [0.717, 1.165) is 6.42 Å². The van der Waals surface area contributed by atoms with Crippen LogP contribution in [0.3, 0.4) is 0 Å². The molecular weight excluding hydrogens is 635 g/mol. The Labute approximate surface area is 232 Å². The zero-order chi connectivity index (χ0) is 27.5. The fourth-order valence-corrected chi connectivity index (χ4v) is 34.9. The molecule has 2 unspecified atom stereocenters. The molecule has 0 N–H and O–H groups in total. The molecular formula is C38H41Hf. The Morgan fingerprint density at radius 1 is 0.590 bits per heavy atom. The summed E-state index contributed by atoms with van der Waals surface area (Å²) in [5, 5.41) is 0. The van der Waals surface area contributed by atoms with E-state index >= 15 is 0 Å². The van der Waals surface area contributed by atoms with Gasteiger partial charge in [0.05, 0.1) is 0 Å². The van der Waals surface area contributed by atoms with Gasteiger partial charge in [-0.2, -0.15) is 0 Å². The molecule has 0 saturated carbocycles. The summed E-state index contributed by atoms with van der Waals surface area (Å²) in [6.45, 7) is 6.67. The molecule has 0 fully saturated rings. The zero-order valence-electron chi connectivity index (χ0n) is 24.3. The van der Waals surface area contributed by atoms with E-state index in [9.17, 15) is 0 Å². The topological polar surface area (TPSA) is 0 Å². The van der Waals surface area contributed by atoms with E-state index in [1.54, 1.807) is 0 Å². The number of benzene rings is 4. The fourth-order valence-electron chi connectivity index (χ4n) is 8.03. The molecule has 39 heavy (non-hydrogen) atoms. The van der Waals surface area contributed by atoms with Crippen molar-refractivity contribution >= 4 is 15.9 Å². The minimum atomic E-state index is -4.40. The van der Waals surface area contributed by atoms with Gasteiger partial charge >= 0.3 is 234 Å². The second kappa shape index (κ2) is 8.80. The van der Waals surface area contributed by atoms with Crippen molar-refractivity contribution in [2.75, 3.05) is 0 Å². The van der Waals surface area contributed by atoms with Gasteiger partial charge in [0.2, 0.25) is 0 Å². The average Bonchev–Trinajstić information content (AvgIpc) is 3.56. The maximum atomic E-state index is 2.82. The fraction of sp³-hybridized carbons (Fsp3) is 0.237. The van der Waals surface area contributed by atoms with Crippen molar-refractivity contribution < 1.29 is 16.5 Å². The second-order valence-electron chi connectivity index (χ2n) is 14.2. The minimum absolute atomic E-state index is 0.434. The van der Waals surface area contributed by atoms with Crippen LogP contribution in [0.1, 0.15) is 54.1 Å². The van der Waals surface area contributed by atoms with Gasteiger partial charge in [-0.1, -0.05) is 0 Å². The first-order valence-corrected chi connectivity index (χ1v) is 31.6. The van der Waals surface area contributed by atoms with Gasteiger partial charge in [-0.15, -0.1) is 0 Å². The number of aryl methyl sites for hydroxylation is 2. The van der Waals surface area contributed by atoms with E-state index < -0.39 is 16.5 Å². The molecule has 197 valence electrons. The zero-order valence-corrected chi connectivity index (χ0v) is 27.9. The first-order valence-electron chi connectivity index (χ1n) is 14.6. The second-order valence-corrected chi connectivity index (χ2v) is 53.2. The van der Waals surface area contributed by atoms with Crippen LogP contribution in [0.2, 0.25) is 14.0 Å². The van der Waals surface area contributed by atoms with Crippen LogP contribution >= 0.6 is 0 Å². The van der Waals surface area contributed by atoms with E-state index in [1.165, 1.54) is 55.6 Å². The molecule has 6 rings (SSSR count). The van der Waals surface area contributed by atoms with Crippen molar-refractivity contribution in [3.8, 4) is 22.3 Å². The van der Waals surface area contributed by atoms with Crippen LogP contribution in [-0.4, -0.2) is 3.76 Å². The molecule has 0 heterocycles. The first kappa shape index (κ1) is 26.3. The molecule has 0 amide bonds. The Morgan fingerprint density at radius 2 is 1.00 bits per heavy atom. The van der Waals surface area contributed by atoms with E-state index in [0.29, 0.717) is 7.35 Å². The summed E-state index contributed by atoms with van der Waals surface area (Å²) >= 11 is -4.40. The quantitative estimate of drug-likeness (QED) is 0.185. The third kappa shape index (κ3) is 4.08. The molecule has 0 saturated heterocycles. The van der Waals surface area contributed by atoms with Crippen molar-refractivity contribution in [2.24, 2.45) is 0 Å². The summed E-state index contributed by atoms with van der Waals surface area (Å²) in [4.78, 5) is 0. The van der Waals surface area contributed by atoms with Crippen LogP contribution in [-0.2, 0) is 16.5 Å². The first-order chi connectivity index (χ1) is 18.5. The summed E-state index contributed by atoms with van der Waals surface area (Å²) in [6.07, 6.45) is 11.1. The summed E-state index contributed by atoms with van der Waals surface area (Å²) in [6, 6.07) is 32.0. The van der Waals surface area contributed by atoms with Gasteiger partial charge in [0.1, 0.15) is 0 Å². The molecule has 0 spiro atoms. The Kier molecular flexibility index (Phi) is 5.94. The van der Waals surface area contributed by atoms with Crippen molar-refractivity contribution in [1.82, 2.24) is 0 Å². The van der Waals surface area contributed by atoms with Crippen LogP contribution in [0, 0.1) is 13.8 Å². The number of fused-ring (bicyclic) bond motifs is 2. The number of rotatable bonds is 5. The molecule has 2 aliphatic rings. The van der Waals surface area contributed by atoms with Crippen LogP contribution in [0.4, 0.5) is 0 Å². The van der Waals surface area contributed by atoms with E-state index in [1.807, 2.05) is 0 Å². The summed E-state index contributed by atoms with van der Waals surface area (Å²) in [7, 11) is 0. The molecule has 4 aromatic carbocycles. The standard InChI is InChI=1S/2C16H13.C3H6.3CH3.Hf/c2*1-12-8-10-14(11-9-12)16-7-3-5-13-4-2-6-15(13)16;1-3-2;;;;/h2*2-11H,1H3;1H,3H2,2H3;3*1H3;. The molecule has 0 aliphatic heterocycles. The van der Waals surface area contributed by atoms with Crippen molar-refractivity contribution in [3.63, 3.8) is 0 Å². The Bertz CT molecular complexity index is 1620. The van der Waals surface area contributed by atoms with E-state index in [-0.39, 0.29) is 0 Å². The van der Waals surface area contributed by atoms with Crippen LogP contribution in [0.25, 0.3) is 34.4 Å². The molecule has 0 nitrogen and oxygen atoms in total. The molecule has 1 heteroatoms. The van der Waals surface area contributed by atoms with Crippen LogP contribution < -0.4 is 0 Å². The molecule has 0 aromatic heterocycles. The molecule has 4 aromatic rings. The van der Waals surface area contributed by atoms with Crippen molar-refractivity contribution in [2.45, 2.75) is 48.6 Å². The van der Waals surface area contributed by atoms with Gasteiger partial charge in [0, 0.05) is 0 Å².